The molecule has 1 aromatic heterocycles. The van der Waals surface area contributed by atoms with Crippen LogP contribution in [0.5, 0.6) is 0 Å². The van der Waals surface area contributed by atoms with E-state index in [0.717, 1.165) is 12.8 Å². The normalized spacial score (nSPS) is 16.9. The van der Waals surface area contributed by atoms with Gasteiger partial charge in [-0.3, -0.25) is 9.59 Å². The Bertz CT molecular complexity index is 870. The van der Waals surface area contributed by atoms with E-state index in [1.54, 1.807) is 31.3 Å². The van der Waals surface area contributed by atoms with Crippen LogP contribution in [0.3, 0.4) is 0 Å². The van der Waals surface area contributed by atoms with Crippen molar-refractivity contribution in [2.75, 3.05) is 13.2 Å². The summed E-state index contributed by atoms with van der Waals surface area (Å²) < 4.78 is 1.48. The smallest absolute Gasteiger partial charge is 0.258 e. The van der Waals surface area contributed by atoms with Gasteiger partial charge in [0.05, 0.1) is 23.2 Å². The number of aliphatic hydroxyl groups is 1. The van der Waals surface area contributed by atoms with E-state index in [2.05, 4.69) is 5.32 Å². The minimum Gasteiger partial charge on any atom is -0.394 e. The fraction of sp³-hybridized carbons (Fsp3) is 0.524. The SMILES string of the molecule is C[C@H](CO)n1ccc2c(C(=O)NCC3CCCCCC3)c(Cl)ccc2c1=O. The van der Waals surface area contributed by atoms with Crippen molar-refractivity contribution < 1.29 is 9.90 Å². The number of carbonyl (C=O) groups is 1. The van der Waals surface area contributed by atoms with Gasteiger partial charge in [0.2, 0.25) is 0 Å². The molecule has 0 saturated heterocycles. The van der Waals surface area contributed by atoms with Crippen LogP contribution in [0.2, 0.25) is 5.02 Å². The molecule has 1 aromatic carbocycles. The Hall–Kier alpha value is -1.85. The summed E-state index contributed by atoms with van der Waals surface area (Å²) in [6.45, 7) is 2.28. The van der Waals surface area contributed by atoms with Crippen LogP contribution in [0.4, 0.5) is 0 Å². The molecule has 3 rings (SSSR count). The fourth-order valence-electron chi connectivity index (χ4n) is 3.87. The van der Waals surface area contributed by atoms with Crippen molar-refractivity contribution in [3.8, 4) is 0 Å². The summed E-state index contributed by atoms with van der Waals surface area (Å²) in [6, 6.07) is 4.64. The van der Waals surface area contributed by atoms with Gasteiger partial charge in [-0.05, 0) is 43.9 Å². The van der Waals surface area contributed by atoms with E-state index < -0.39 is 0 Å². The van der Waals surface area contributed by atoms with E-state index in [1.807, 2.05) is 0 Å². The van der Waals surface area contributed by atoms with Crippen molar-refractivity contribution in [1.29, 1.82) is 0 Å². The van der Waals surface area contributed by atoms with Crippen LogP contribution in [0.25, 0.3) is 10.8 Å². The Balaban J connectivity index is 1.88. The molecular formula is C21H27ClN2O3. The van der Waals surface area contributed by atoms with Crippen molar-refractivity contribution in [3.05, 3.63) is 45.3 Å². The second-order valence-corrected chi connectivity index (χ2v) is 7.92. The molecule has 0 spiro atoms. The molecule has 0 radical (unpaired) electrons. The Morgan fingerprint density at radius 1 is 1.22 bits per heavy atom. The van der Waals surface area contributed by atoms with E-state index in [1.165, 1.54) is 30.3 Å². The molecule has 1 amide bonds. The lowest BCUT2D eigenvalue weighted by Gasteiger charge is -2.17. The third-order valence-corrected chi connectivity index (χ3v) is 5.87. The predicted molar refractivity (Wildman–Crippen MR) is 109 cm³/mol. The second kappa shape index (κ2) is 8.89. The van der Waals surface area contributed by atoms with E-state index in [9.17, 15) is 14.7 Å². The molecule has 6 heteroatoms. The molecule has 2 aromatic rings. The predicted octanol–water partition coefficient (Wildman–Crippen LogP) is 3.91. The Labute approximate surface area is 164 Å². The van der Waals surface area contributed by atoms with E-state index in [4.69, 9.17) is 11.6 Å². The van der Waals surface area contributed by atoms with Crippen molar-refractivity contribution in [1.82, 2.24) is 9.88 Å². The zero-order valence-corrected chi connectivity index (χ0v) is 16.5. The van der Waals surface area contributed by atoms with Crippen molar-refractivity contribution in [2.24, 2.45) is 5.92 Å². The summed E-state index contributed by atoms with van der Waals surface area (Å²) in [6.07, 6.45) is 8.90. The van der Waals surface area contributed by atoms with Crippen molar-refractivity contribution in [2.45, 2.75) is 51.5 Å². The molecule has 1 saturated carbocycles. The van der Waals surface area contributed by atoms with Gasteiger partial charge < -0.3 is 15.0 Å². The van der Waals surface area contributed by atoms with E-state index in [0.29, 0.717) is 33.8 Å². The second-order valence-electron chi connectivity index (χ2n) is 7.51. The highest BCUT2D eigenvalue weighted by Gasteiger charge is 2.19. The first kappa shape index (κ1) is 19.9. The van der Waals surface area contributed by atoms with Crippen molar-refractivity contribution >= 4 is 28.3 Å². The third kappa shape index (κ3) is 4.36. The molecule has 2 N–H and O–H groups in total. The Morgan fingerprint density at radius 2 is 1.93 bits per heavy atom. The maximum absolute atomic E-state index is 12.8. The lowest BCUT2D eigenvalue weighted by molar-refractivity contribution is 0.0947. The van der Waals surface area contributed by atoms with Gasteiger partial charge in [-0.1, -0.05) is 37.3 Å². The quantitative estimate of drug-likeness (QED) is 0.760. The number of pyridine rings is 1. The molecular weight excluding hydrogens is 364 g/mol. The van der Waals surface area contributed by atoms with Gasteiger partial charge in [-0.15, -0.1) is 0 Å². The number of halogens is 1. The summed E-state index contributed by atoms with van der Waals surface area (Å²) in [4.78, 5) is 25.6. The standard InChI is InChI=1S/C21H27ClN2O3/c1-14(13-25)24-11-10-16-17(21(24)27)8-9-18(22)19(16)20(26)23-12-15-6-4-2-3-5-7-15/h8-11,14-15,25H,2-7,12-13H2,1H3,(H,23,26)/t14-/m1/s1. The van der Waals surface area contributed by atoms with Gasteiger partial charge in [0, 0.05) is 23.5 Å². The van der Waals surface area contributed by atoms with Gasteiger partial charge >= 0.3 is 0 Å². The van der Waals surface area contributed by atoms with Crippen LogP contribution in [0.15, 0.2) is 29.2 Å². The molecule has 0 bridgehead atoms. The zero-order valence-electron chi connectivity index (χ0n) is 15.7. The first-order valence-electron chi connectivity index (χ1n) is 9.75. The summed E-state index contributed by atoms with van der Waals surface area (Å²) in [7, 11) is 0. The largest absolute Gasteiger partial charge is 0.394 e. The number of aromatic nitrogens is 1. The average Bonchev–Trinajstić information content (AvgIpc) is 2.94. The van der Waals surface area contributed by atoms with Gasteiger partial charge in [0.1, 0.15) is 0 Å². The first-order chi connectivity index (χ1) is 13.0. The van der Waals surface area contributed by atoms with Crippen LogP contribution in [-0.4, -0.2) is 28.7 Å². The molecule has 1 heterocycles. The molecule has 5 nitrogen and oxygen atoms in total. The summed E-state index contributed by atoms with van der Waals surface area (Å²) >= 11 is 6.32. The molecule has 1 aliphatic rings. The van der Waals surface area contributed by atoms with Gasteiger partial charge in [-0.2, -0.15) is 0 Å². The Kier molecular flexibility index (Phi) is 6.55. The molecule has 1 aliphatic carbocycles. The van der Waals surface area contributed by atoms with Crippen LogP contribution in [-0.2, 0) is 0 Å². The number of amides is 1. The number of fused-ring (bicyclic) bond motifs is 1. The van der Waals surface area contributed by atoms with Crippen LogP contribution < -0.4 is 10.9 Å². The summed E-state index contributed by atoms with van der Waals surface area (Å²) in [5, 5.41) is 13.7. The van der Waals surface area contributed by atoms with E-state index in [-0.39, 0.29) is 24.1 Å². The number of carbonyl (C=O) groups excluding carboxylic acids is 1. The molecule has 0 aliphatic heterocycles. The minimum atomic E-state index is -0.329. The third-order valence-electron chi connectivity index (χ3n) is 5.55. The monoisotopic (exact) mass is 390 g/mol. The lowest BCUT2D eigenvalue weighted by atomic mass is 10.00. The summed E-state index contributed by atoms with van der Waals surface area (Å²) in [5.41, 5.74) is 0.118. The number of rotatable bonds is 5. The van der Waals surface area contributed by atoms with Gasteiger partial charge in [0.25, 0.3) is 11.5 Å². The van der Waals surface area contributed by atoms with Crippen LogP contribution in [0.1, 0.15) is 61.8 Å². The summed E-state index contributed by atoms with van der Waals surface area (Å²) in [5.74, 6) is 0.273. The van der Waals surface area contributed by atoms with Crippen LogP contribution in [0, 0.1) is 5.92 Å². The highest BCUT2D eigenvalue weighted by atomic mass is 35.5. The van der Waals surface area contributed by atoms with Crippen LogP contribution >= 0.6 is 11.6 Å². The maximum Gasteiger partial charge on any atom is 0.258 e. The highest BCUT2D eigenvalue weighted by Crippen LogP contribution is 2.26. The fourth-order valence-corrected chi connectivity index (χ4v) is 4.12. The molecule has 0 unspecified atom stereocenters. The number of hydrogen-bond acceptors (Lipinski definition) is 3. The number of nitrogens with one attached hydrogen (secondary N) is 1. The number of nitrogens with zero attached hydrogens (tertiary/aromatic N) is 1. The van der Waals surface area contributed by atoms with Crippen molar-refractivity contribution in [3.63, 3.8) is 0 Å². The molecule has 27 heavy (non-hydrogen) atoms. The highest BCUT2D eigenvalue weighted by molar-refractivity contribution is 6.35. The Morgan fingerprint density at radius 3 is 2.59 bits per heavy atom. The molecule has 1 atom stereocenters. The lowest BCUT2D eigenvalue weighted by Crippen LogP contribution is -2.30. The minimum absolute atomic E-state index is 0.131. The number of aliphatic hydroxyl groups excluding tert-OH is 1. The van der Waals surface area contributed by atoms with E-state index >= 15 is 0 Å². The van der Waals surface area contributed by atoms with Gasteiger partial charge in [0.15, 0.2) is 0 Å². The molecule has 1 fully saturated rings. The van der Waals surface area contributed by atoms with Gasteiger partial charge in [-0.25, -0.2) is 0 Å². The topological polar surface area (TPSA) is 71.3 Å². The number of hydrogen-bond donors (Lipinski definition) is 2. The average molecular weight is 391 g/mol. The first-order valence-corrected chi connectivity index (χ1v) is 10.1. The number of benzene rings is 1. The molecule has 146 valence electrons. The zero-order chi connectivity index (χ0) is 19.4. The maximum atomic E-state index is 12.8.